The van der Waals surface area contributed by atoms with E-state index in [2.05, 4.69) is 20.0 Å². The fourth-order valence-corrected chi connectivity index (χ4v) is 2.12. The number of hydrogen-bond donors (Lipinski definition) is 3. The van der Waals surface area contributed by atoms with Crippen molar-refractivity contribution in [1.82, 2.24) is 14.7 Å². The molecule has 19 heavy (non-hydrogen) atoms. The van der Waals surface area contributed by atoms with E-state index in [0.717, 1.165) is 0 Å². The number of nitrogens with two attached hydrogens (primary N) is 1. The van der Waals surface area contributed by atoms with Crippen LogP contribution in [0.2, 0.25) is 0 Å². The standard InChI is InChI=1S/C11H15N5O2S/c1-13-19(17,18)7-6-14-11-10(12)15-8-4-2-3-5-9(8)16-11/h2-5,13H,6-7H2,1H3,(H2,12,15)(H,14,16). The summed E-state index contributed by atoms with van der Waals surface area (Å²) in [5.41, 5.74) is 7.17. The number of anilines is 2. The number of fused-ring (bicyclic) bond motifs is 1. The van der Waals surface area contributed by atoms with Crippen LogP contribution in [0.25, 0.3) is 11.0 Å². The van der Waals surface area contributed by atoms with E-state index in [1.807, 2.05) is 24.3 Å². The first-order valence-corrected chi connectivity index (χ1v) is 7.34. The molecule has 0 bridgehead atoms. The zero-order chi connectivity index (χ0) is 13.9. The van der Waals surface area contributed by atoms with Crippen LogP contribution in [0, 0.1) is 0 Å². The summed E-state index contributed by atoms with van der Waals surface area (Å²) in [6.45, 7) is 0.209. The van der Waals surface area contributed by atoms with Gasteiger partial charge in [0.1, 0.15) is 0 Å². The minimum absolute atomic E-state index is 0.0581. The lowest BCUT2D eigenvalue weighted by molar-refractivity contribution is 0.588. The number of sulfonamides is 1. The van der Waals surface area contributed by atoms with Gasteiger partial charge in [-0.25, -0.2) is 23.1 Å². The van der Waals surface area contributed by atoms with E-state index in [9.17, 15) is 8.42 Å². The lowest BCUT2D eigenvalue weighted by atomic mass is 10.3. The van der Waals surface area contributed by atoms with Crippen molar-refractivity contribution in [3.05, 3.63) is 24.3 Å². The molecule has 4 N–H and O–H groups in total. The van der Waals surface area contributed by atoms with Crippen molar-refractivity contribution in [2.24, 2.45) is 0 Å². The Hall–Kier alpha value is -1.93. The average Bonchev–Trinajstić information content (AvgIpc) is 2.39. The van der Waals surface area contributed by atoms with Gasteiger partial charge in [-0.2, -0.15) is 0 Å². The Morgan fingerprint density at radius 3 is 2.47 bits per heavy atom. The van der Waals surface area contributed by atoms with Gasteiger partial charge in [0.2, 0.25) is 10.0 Å². The monoisotopic (exact) mass is 281 g/mol. The summed E-state index contributed by atoms with van der Waals surface area (Å²) >= 11 is 0. The summed E-state index contributed by atoms with van der Waals surface area (Å²) in [5.74, 6) is 0.586. The minimum Gasteiger partial charge on any atom is -0.381 e. The SMILES string of the molecule is CNS(=O)(=O)CCNc1nc2ccccc2nc1N. The smallest absolute Gasteiger partial charge is 0.213 e. The van der Waals surface area contributed by atoms with E-state index in [-0.39, 0.29) is 18.1 Å². The largest absolute Gasteiger partial charge is 0.381 e. The van der Waals surface area contributed by atoms with Crippen LogP contribution >= 0.6 is 0 Å². The summed E-state index contributed by atoms with van der Waals surface area (Å²) in [4.78, 5) is 8.50. The van der Waals surface area contributed by atoms with Gasteiger partial charge >= 0.3 is 0 Å². The van der Waals surface area contributed by atoms with Gasteiger partial charge in [-0.05, 0) is 19.2 Å². The van der Waals surface area contributed by atoms with E-state index in [1.54, 1.807) is 0 Å². The highest BCUT2D eigenvalue weighted by atomic mass is 32.2. The van der Waals surface area contributed by atoms with Crippen molar-refractivity contribution >= 4 is 32.7 Å². The molecule has 0 fully saturated rings. The predicted octanol–water partition coefficient (Wildman–Crippen LogP) is 0.173. The van der Waals surface area contributed by atoms with E-state index < -0.39 is 10.0 Å². The number of nitrogens with one attached hydrogen (secondary N) is 2. The number of nitrogen functional groups attached to an aromatic ring is 1. The van der Waals surface area contributed by atoms with E-state index in [1.165, 1.54) is 7.05 Å². The number of aromatic nitrogens is 2. The highest BCUT2D eigenvalue weighted by molar-refractivity contribution is 7.89. The van der Waals surface area contributed by atoms with Crippen molar-refractivity contribution in [3.63, 3.8) is 0 Å². The van der Waals surface area contributed by atoms with Crippen LogP contribution < -0.4 is 15.8 Å². The van der Waals surface area contributed by atoms with Gasteiger partial charge in [0, 0.05) is 6.54 Å². The molecule has 1 aromatic heterocycles. The van der Waals surface area contributed by atoms with Crippen molar-refractivity contribution in [2.45, 2.75) is 0 Å². The Labute approximate surface area is 111 Å². The quantitative estimate of drug-likeness (QED) is 0.721. The maximum absolute atomic E-state index is 11.3. The highest BCUT2D eigenvalue weighted by Gasteiger charge is 2.09. The molecule has 0 atom stereocenters. The molecule has 102 valence electrons. The molecular weight excluding hydrogens is 266 g/mol. The first-order chi connectivity index (χ1) is 9.02. The molecule has 7 nitrogen and oxygen atoms in total. The van der Waals surface area contributed by atoms with Crippen LogP contribution in [0.15, 0.2) is 24.3 Å². The topological polar surface area (TPSA) is 110 Å². The maximum atomic E-state index is 11.3. The molecule has 0 radical (unpaired) electrons. The number of para-hydroxylation sites is 2. The van der Waals surface area contributed by atoms with Gasteiger partial charge in [0.05, 0.1) is 16.8 Å². The van der Waals surface area contributed by atoms with Gasteiger partial charge in [0.15, 0.2) is 11.6 Å². The Bertz CT molecular complexity index is 687. The highest BCUT2D eigenvalue weighted by Crippen LogP contribution is 2.17. The Balaban J connectivity index is 2.15. The zero-order valence-corrected chi connectivity index (χ0v) is 11.2. The molecule has 2 rings (SSSR count). The van der Waals surface area contributed by atoms with E-state index in [0.29, 0.717) is 16.9 Å². The van der Waals surface area contributed by atoms with E-state index >= 15 is 0 Å². The second kappa shape index (κ2) is 5.37. The van der Waals surface area contributed by atoms with Crippen LogP contribution in [0.4, 0.5) is 11.6 Å². The maximum Gasteiger partial charge on any atom is 0.213 e. The second-order valence-corrected chi connectivity index (χ2v) is 5.94. The van der Waals surface area contributed by atoms with Crippen molar-refractivity contribution in [3.8, 4) is 0 Å². The molecule has 1 heterocycles. The molecular formula is C11H15N5O2S. The lowest BCUT2D eigenvalue weighted by Gasteiger charge is -2.09. The fourth-order valence-electron chi connectivity index (χ4n) is 1.55. The van der Waals surface area contributed by atoms with Crippen molar-refractivity contribution < 1.29 is 8.42 Å². The Morgan fingerprint density at radius 2 is 1.84 bits per heavy atom. The number of hydrogen-bond acceptors (Lipinski definition) is 6. The van der Waals surface area contributed by atoms with E-state index in [4.69, 9.17) is 5.73 Å². The number of rotatable bonds is 5. The van der Waals surface area contributed by atoms with Gasteiger partial charge in [0.25, 0.3) is 0 Å². The van der Waals surface area contributed by atoms with Crippen LogP contribution in [-0.4, -0.2) is 37.7 Å². The Morgan fingerprint density at radius 1 is 1.21 bits per heavy atom. The zero-order valence-electron chi connectivity index (χ0n) is 10.4. The summed E-state index contributed by atoms with van der Waals surface area (Å²) in [6.07, 6.45) is 0. The van der Waals surface area contributed by atoms with Crippen LogP contribution in [0.1, 0.15) is 0 Å². The molecule has 0 saturated heterocycles. The first-order valence-electron chi connectivity index (χ1n) is 5.69. The van der Waals surface area contributed by atoms with Crippen LogP contribution in [-0.2, 0) is 10.0 Å². The molecule has 2 aromatic rings. The number of nitrogens with zero attached hydrogens (tertiary/aromatic N) is 2. The predicted molar refractivity (Wildman–Crippen MR) is 75.3 cm³/mol. The lowest BCUT2D eigenvalue weighted by Crippen LogP contribution is -2.26. The van der Waals surface area contributed by atoms with Gasteiger partial charge in [-0.1, -0.05) is 12.1 Å². The third kappa shape index (κ3) is 3.30. The summed E-state index contributed by atoms with van der Waals surface area (Å²) < 4.78 is 24.8. The Kier molecular flexibility index (Phi) is 3.82. The third-order valence-electron chi connectivity index (χ3n) is 2.57. The van der Waals surface area contributed by atoms with Crippen molar-refractivity contribution in [2.75, 3.05) is 30.4 Å². The number of benzene rings is 1. The summed E-state index contributed by atoms with van der Waals surface area (Å²) in [7, 11) is -1.87. The van der Waals surface area contributed by atoms with Gasteiger partial charge in [-0.3, -0.25) is 0 Å². The summed E-state index contributed by atoms with van der Waals surface area (Å²) in [5, 5.41) is 2.88. The minimum atomic E-state index is -3.25. The van der Waals surface area contributed by atoms with Crippen LogP contribution in [0.3, 0.4) is 0 Å². The molecule has 0 amide bonds. The van der Waals surface area contributed by atoms with Crippen molar-refractivity contribution in [1.29, 1.82) is 0 Å². The average molecular weight is 281 g/mol. The molecule has 0 unspecified atom stereocenters. The molecule has 0 aliphatic carbocycles. The fraction of sp³-hybridized carbons (Fsp3) is 0.273. The molecule has 0 aliphatic heterocycles. The molecule has 0 spiro atoms. The third-order valence-corrected chi connectivity index (χ3v) is 3.94. The van der Waals surface area contributed by atoms with Crippen LogP contribution in [0.5, 0.6) is 0 Å². The molecule has 0 saturated carbocycles. The summed E-state index contributed by atoms with van der Waals surface area (Å²) in [6, 6.07) is 7.33. The van der Waals surface area contributed by atoms with Gasteiger partial charge in [-0.15, -0.1) is 0 Å². The molecule has 1 aromatic carbocycles. The first kappa shape index (κ1) is 13.5. The molecule has 8 heteroatoms. The second-order valence-electron chi connectivity index (χ2n) is 3.90. The normalized spacial score (nSPS) is 11.6. The molecule has 0 aliphatic rings. The van der Waals surface area contributed by atoms with Gasteiger partial charge < -0.3 is 11.1 Å².